The maximum Gasteiger partial charge on any atom is 0.407 e. The highest BCUT2D eigenvalue weighted by molar-refractivity contribution is 6.32. The van der Waals surface area contributed by atoms with Crippen LogP contribution in [0.1, 0.15) is 75.1 Å². The number of halogens is 2. The van der Waals surface area contributed by atoms with E-state index in [4.69, 9.17) is 52.1 Å². The summed E-state index contributed by atoms with van der Waals surface area (Å²) in [7, 11) is 2.57. The van der Waals surface area contributed by atoms with Crippen LogP contribution in [0.2, 0.25) is 10.3 Å². The molecule has 16 nitrogen and oxygen atoms in total. The van der Waals surface area contributed by atoms with Crippen LogP contribution in [0.25, 0.3) is 33.6 Å². The smallest absolute Gasteiger partial charge is 0.407 e. The van der Waals surface area contributed by atoms with Crippen LogP contribution in [0, 0.1) is 11.8 Å². The molecule has 330 valence electrons. The second-order valence-electron chi connectivity index (χ2n) is 16.3. The zero-order chi connectivity index (χ0) is 43.3. The van der Waals surface area contributed by atoms with Crippen molar-refractivity contribution in [2.45, 2.75) is 75.5 Å². The summed E-state index contributed by atoms with van der Waals surface area (Å²) < 4.78 is 21.0. The van der Waals surface area contributed by atoms with Crippen LogP contribution >= 0.6 is 23.2 Å². The average Bonchev–Trinajstić information content (AvgIpc) is 4.14. The van der Waals surface area contributed by atoms with Crippen molar-refractivity contribution in [1.29, 1.82) is 0 Å². The lowest BCUT2D eigenvalue weighted by atomic mass is 9.92. The molecular weight excluding hydrogens is 839 g/mol. The summed E-state index contributed by atoms with van der Waals surface area (Å²) in [6, 6.07) is 13.6. The van der Waals surface area contributed by atoms with Crippen LogP contribution in [-0.4, -0.2) is 120 Å². The Balaban J connectivity index is 0.943. The Bertz CT molecular complexity index is 2070. The van der Waals surface area contributed by atoms with Crippen molar-refractivity contribution in [2.75, 3.05) is 53.7 Å². The van der Waals surface area contributed by atoms with Gasteiger partial charge in [0.05, 0.1) is 39.5 Å². The summed E-state index contributed by atoms with van der Waals surface area (Å²) in [5, 5.41) is 6.28. The summed E-state index contributed by atoms with van der Waals surface area (Å²) in [4.78, 5) is 72.4. The number of carbonyl (C=O) groups is 4. The number of ether oxygens (including phenoxy) is 4. The normalized spacial score (nSPS) is 22.5. The van der Waals surface area contributed by atoms with E-state index in [1.165, 1.54) is 14.2 Å². The molecule has 4 amide bonds. The van der Waals surface area contributed by atoms with Crippen molar-refractivity contribution in [3.63, 3.8) is 0 Å². The molecule has 0 saturated carbocycles. The van der Waals surface area contributed by atoms with E-state index in [0.29, 0.717) is 85.7 Å². The zero-order valence-corrected chi connectivity index (χ0v) is 36.3. The maximum atomic E-state index is 14.0. The van der Waals surface area contributed by atoms with E-state index in [1.807, 2.05) is 48.5 Å². The SMILES string of the molecule is COC(=O)NC(C(=O)N1CCCC1c1nc(-c2ccc(-c3ccc(-c4nc(C5CCCN5C(=O)C(NC(=O)OC)[C@H]5CCCOC5)[nH]c4Cl)cc3)cc2)c(Cl)[nH]1)C1CCCOC1. The van der Waals surface area contributed by atoms with Crippen molar-refractivity contribution in [3.05, 3.63) is 70.5 Å². The summed E-state index contributed by atoms with van der Waals surface area (Å²) in [6.07, 6.45) is 4.81. The topological polar surface area (TPSA) is 193 Å². The lowest BCUT2D eigenvalue weighted by Crippen LogP contribution is -2.53. The number of H-pyrrole nitrogens is 2. The van der Waals surface area contributed by atoms with E-state index in [0.717, 1.165) is 60.8 Å². The Morgan fingerprint density at radius 1 is 0.629 bits per heavy atom. The van der Waals surface area contributed by atoms with E-state index in [-0.39, 0.29) is 35.7 Å². The molecule has 2 aromatic carbocycles. The van der Waals surface area contributed by atoms with E-state index in [1.54, 1.807) is 9.80 Å². The van der Waals surface area contributed by atoms with Gasteiger partial charge in [-0.25, -0.2) is 19.6 Å². The number of nitrogens with zero attached hydrogens (tertiary/aromatic N) is 4. The number of alkyl carbamates (subject to hydrolysis) is 2. The molecule has 62 heavy (non-hydrogen) atoms. The predicted molar refractivity (Wildman–Crippen MR) is 230 cm³/mol. The van der Waals surface area contributed by atoms with Crippen LogP contribution in [0.5, 0.6) is 0 Å². The minimum absolute atomic E-state index is 0.162. The molecule has 4 fully saturated rings. The van der Waals surface area contributed by atoms with Crippen LogP contribution in [0.4, 0.5) is 9.59 Å². The lowest BCUT2D eigenvalue weighted by molar-refractivity contribution is -0.138. The molecule has 6 heterocycles. The molecule has 6 atom stereocenters. The second-order valence-corrected chi connectivity index (χ2v) is 17.0. The van der Waals surface area contributed by atoms with Crippen molar-refractivity contribution in [3.8, 4) is 33.6 Å². The van der Waals surface area contributed by atoms with E-state index >= 15 is 0 Å². The van der Waals surface area contributed by atoms with Crippen LogP contribution in [0.3, 0.4) is 0 Å². The molecule has 0 aliphatic carbocycles. The fraction of sp³-hybridized carbons (Fsp3) is 0.500. The van der Waals surface area contributed by atoms with Gasteiger partial charge in [0.1, 0.15) is 45.4 Å². The lowest BCUT2D eigenvalue weighted by Gasteiger charge is -2.34. The molecule has 0 bridgehead atoms. The fourth-order valence-corrected chi connectivity index (χ4v) is 9.75. The van der Waals surface area contributed by atoms with Crippen molar-refractivity contribution in [2.24, 2.45) is 11.8 Å². The molecule has 0 radical (unpaired) electrons. The van der Waals surface area contributed by atoms with E-state index < -0.39 is 24.3 Å². The third kappa shape index (κ3) is 9.29. The highest BCUT2D eigenvalue weighted by atomic mass is 35.5. The predicted octanol–water partition coefficient (Wildman–Crippen LogP) is 7.07. The number of nitrogens with one attached hydrogen (secondary N) is 4. The summed E-state index contributed by atoms with van der Waals surface area (Å²) >= 11 is 13.5. The number of imidazole rings is 2. The minimum Gasteiger partial charge on any atom is -0.453 e. The molecule has 8 rings (SSSR count). The number of methoxy groups -OCH3 is 2. The number of rotatable bonds is 11. The molecule has 18 heteroatoms. The second kappa shape index (κ2) is 19.5. The van der Waals surface area contributed by atoms with Gasteiger partial charge in [-0.15, -0.1) is 0 Å². The van der Waals surface area contributed by atoms with Gasteiger partial charge in [-0.05, 0) is 62.5 Å². The van der Waals surface area contributed by atoms with Crippen LogP contribution < -0.4 is 10.6 Å². The number of aromatic amines is 2. The van der Waals surface area contributed by atoms with Gasteiger partial charge in [0, 0.05) is 49.3 Å². The first kappa shape index (κ1) is 43.5. The molecule has 0 spiro atoms. The number of aromatic nitrogens is 4. The molecule has 4 aromatic rings. The van der Waals surface area contributed by atoms with Crippen LogP contribution in [0.15, 0.2) is 48.5 Å². The minimum atomic E-state index is -0.775. The number of amides is 4. The summed E-state index contributed by atoms with van der Waals surface area (Å²) in [5.41, 5.74) is 4.74. The average molecular weight is 892 g/mol. The first-order chi connectivity index (χ1) is 30.1. The highest BCUT2D eigenvalue weighted by Gasteiger charge is 2.42. The van der Waals surface area contributed by atoms with Gasteiger partial charge in [-0.1, -0.05) is 71.7 Å². The zero-order valence-electron chi connectivity index (χ0n) is 34.8. The Morgan fingerprint density at radius 3 is 1.37 bits per heavy atom. The van der Waals surface area contributed by atoms with E-state index in [9.17, 15) is 19.2 Å². The molecule has 4 N–H and O–H groups in total. The quantitative estimate of drug-likeness (QED) is 0.121. The van der Waals surface area contributed by atoms with Gasteiger partial charge in [0.15, 0.2) is 0 Å². The molecule has 4 aliphatic rings. The molecule has 2 aromatic heterocycles. The third-order valence-corrected chi connectivity index (χ3v) is 13.0. The number of benzene rings is 2. The Hall–Kier alpha value is -5.16. The largest absolute Gasteiger partial charge is 0.453 e. The van der Waals surface area contributed by atoms with Gasteiger partial charge < -0.3 is 49.3 Å². The van der Waals surface area contributed by atoms with Crippen LogP contribution in [-0.2, 0) is 28.5 Å². The van der Waals surface area contributed by atoms with Crippen molar-refractivity contribution < 1.29 is 38.1 Å². The first-order valence-corrected chi connectivity index (χ1v) is 22.1. The molecular formula is C44H52Cl2N8O8. The molecule has 5 unspecified atom stereocenters. The number of hydrogen-bond acceptors (Lipinski definition) is 10. The van der Waals surface area contributed by atoms with Crippen molar-refractivity contribution in [1.82, 2.24) is 40.4 Å². The van der Waals surface area contributed by atoms with Gasteiger partial charge in [0.25, 0.3) is 0 Å². The van der Waals surface area contributed by atoms with Gasteiger partial charge >= 0.3 is 12.2 Å². The van der Waals surface area contributed by atoms with E-state index in [2.05, 4.69) is 20.6 Å². The standard InChI is InChI=1S/C44H52Cl2N8O8/c1-59-43(57)49-35(29-7-5-21-61-23-29)41(55)53-19-3-9-31(53)39-47-33(37(45)51-39)27-15-11-25(12-16-27)26-13-17-28(18-14-26)34-38(46)52-40(48-34)32-10-4-20-54(32)42(56)36(50-44(58)60-2)30-8-6-22-62-24-30/h11-18,29-32,35-36H,3-10,19-24H2,1-2H3,(H,47,51)(H,48,52)(H,49,57)(H,50,58)/t29-,30?,31?,32?,35?,36?/m0/s1. The number of hydrogen-bond donors (Lipinski definition) is 4. The maximum absolute atomic E-state index is 14.0. The molecule has 4 saturated heterocycles. The monoisotopic (exact) mass is 890 g/mol. The first-order valence-electron chi connectivity index (χ1n) is 21.3. The summed E-state index contributed by atoms with van der Waals surface area (Å²) in [6.45, 7) is 3.10. The van der Waals surface area contributed by atoms with Gasteiger partial charge in [0.2, 0.25) is 11.8 Å². The Morgan fingerprint density at radius 2 is 1.02 bits per heavy atom. The van der Waals surface area contributed by atoms with Crippen molar-refractivity contribution >= 4 is 47.2 Å². The number of carbonyl (C=O) groups excluding carboxylic acids is 4. The Kier molecular flexibility index (Phi) is 13.7. The Labute approximate surface area is 369 Å². The fourth-order valence-electron chi connectivity index (χ4n) is 9.26. The highest BCUT2D eigenvalue weighted by Crippen LogP contribution is 2.38. The van der Waals surface area contributed by atoms with Gasteiger partial charge in [-0.2, -0.15) is 0 Å². The van der Waals surface area contributed by atoms with Gasteiger partial charge in [-0.3, -0.25) is 9.59 Å². The third-order valence-electron chi connectivity index (χ3n) is 12.5. The summed E-state index contributed by atoms with van der Waals surface area (Å²) in [5.74, 6) is 0.481. The molecule has 4 aliphatic heterocycles. The number of likely N-dealkylation sites (tertiary alicyclic amines) is 2.